The van der Waals surface area contributed by atoms with Crippen LogP contribution in [0.5, 0.6) is 11.5 Å². The van der Waals surface area contributed by atoms with Crippen molar-refractivity contribution in [1.82, 2.24) is 5.43 Å². The van der Waals surface area contributed by atoms with Crippen molar-refractivity contribution in [1.29, 1.82) is 0 Å². The van der Waals surface area contributed by atoms with Crippen molar-refractivity contribution in [3.63, 3.8) is 0 Å². The summed E-state index contributed by atoms with van der Waals surface area (Å²) in [5.74, 6) is -0.505. The molecule has 1 aromatic heterocycles. The Balaban J connectivity index is 1.74. The predicted octanol–water partition coefficient (Wildman–Crippen LogP) is 3.21. The first-order chi connectivity index (χ1) is 11.0. The van der Waals surface area contributed by atoms with E-state index in [0.29, 0.717) is 14.7 Å². The first-order valence-electron chi connectivity index (χ1n) is 6.58. The Labute approximate surface area is 144 Å². The van der Waals surface area contributed by atoms with E-state index in [1.165, 1.54) is 12.3 Å². The van der Waals surface area contributed by atoms with Crippen LogP contribution in [-0.4, -0.2) is 22.3 Å². The standard InChI is InChI=1S/C16H11IN2O4/c17-11-5-10(12(20)7-13(11)21)8-18-19-16(22)15-6-9-3-1-2-4-14(9)23-15/h1-8,20-21H,(H,19,22)/b18-8+. The molecule has 3 aromatic rings. The minimum atomic E-state index is -0.495. The number of nitrogens with one attached hydrogen (secondary N) is 1. The van der Waals surface area contributed by atoms with Crippen LogP contribution in [-0.2, 0) is 0 Å². The van der Waals surface area contributed by atoms with Crippen molar-refractivity contribution >= 4 is 45.7 Å². The van der Waals surface area contributed by atoms with Crippen LogP contribution in [0.2, 0.25) is 0 Å². The molecule has 116 valence electrons. The predicted molar refractivity (Wildman–Crippen MR) is 93.8 cm³/mol. The highest BCUT2D eigenvalue weighted by Gasteiger charge is 2.11. The number of amides is 1. The average molecular weight is 422 g/mol. The molecule has 0 spiro atoms. The van der Waals surface area contributed by atoms with Crippen molar-refractivity contribution in [2.24, 2.45) is 5.10 Å². The normalized spacial score (nSPS) is 11.2. The number of hydrogen-bond donors (Lipinski definition) is 3. The second-order valence-electron chi connectivity index (χ2n) is 4.71. The fourth-order valence-corrected chi connectivity index (χ4v) is 2.47. The average Bonchev–Trinajstić information content (AvgIpc) is 2.96. The lowest BCUT2D eigenvalue weighted by Crippen LogP contribution is -2.16. The van der Waals surface area contributed by atoms with Crippen molar-refractivity contribution in [2.75, 3.05) is 0 Å². The maximum absolute atomic E-state index is 12.0. The second-order valence-corrected chi connectivity index (χ2v) is 5.87. The fraction of sp³-hybridized carbons (Fsp3) is 0. The van der Waals surface area contributed by atoms with Crippen LogP contribution in [0.3, 0.4) is 0 Å². The Morgan fingerprint density at radius 2 is 1.96 bits per heavy atom. The fourth-order valence-electron chi connectivity index (χ4n) is 1.98. The molecular weight excluding hydrogens is 411 g/mol. The zero-order chi connectivity index (χ0) is 16.4. The van der Waals surface area contributed by atoms with Gasteiger partial charge in [-0.3, -0.25) is 4.79 Å². The van der Waals surface area contributed by atoms with Gasteiger partial charge in [0.2, 0.25) is 0 Å². The first-order valence-corrected chi connectivity index (χ1v) is 7.66. The summed E-state index contributed by atoms with van der Waals surface area (Å²) in [4.78, 5) is 12.0. The number of nitrogens with zero attached hydrogens (tertiary/aromatic N) is 1. The van der Waals surface area contributed by atoms with E-state index in [9.17, 15) is 15.0 Å². The van der Waals surface area contributed by atoms with E-state index >= 15 is 0 Å². The van der Waals surface area contributed by atoms with Crippen LogP contribution in [0, 0.1) is 3.57 Å². The molecule has 3 N–H and O–H groups in total. The second kappa shape index (κ2) is 6.29. The van der Waals surface area contributed by atoms with E-state index in [0.717, 1.165) is 5.39 Å². The molecule has 0 saturated heterocycles. The number of para-hydroxylation sites is 1. The van der Waals surface area contributed by atoms with Gasteiger partial charge in [0.25, 0.3) is 0 Å². The molecule has 6 nitrogen and oxygen atoms in total. The van der Waals surface area contributed by atoms with Gasteiger partial charge in [-0.1, -0.05) is 18.2 Å². The molecule has 0 bridgehead atoms. The molecular formula is C16H11IN2O4. The Kier molecular flexibility index (Phi) is 4.20. The van der Waals surface area contributed by atoms with Gasteiger partial charge in [0.1, 0.15) is 17.1 Å². The summed E-state index contributed by atoms with van der Waals surface area (Å²) in [5.41, 5.74) is 3.32. The summed E-state index contributed by atoms with van der Waals surface area (Å²) in [6.07, 6.45) is 1.29. The minimum Gasteiger partial charge on any atom is -0.507 e. The van der Waals surface area contributed by atoms with E-state index in [-0.39, 0.29) is 17.3 Å². The number of fused-ring (bicyclic) bond motifs is 1. The van der Waals surface area contributed by atoms with Crippen molar-refractivity contribution in [3.8, 4) is 11.5 Å². The third-order valence-electron chi connectivity index (χ3n) is 3.12. The highest BCUT2D eigenvalue weighted by Crippen LogP contribution is 2.27. The molecule has 0 aliphatic rings. The maximum atomic E-state index is 12.0. The van der Waals surface area contributed by atoms with Crippen molar-refractivity contribution in [3.05, 3.63) is 57.4 Å². The van der Waals surface area contributed by atoms with E-state index in [1.54, 1.807) is 18.2 Å². The Morgan fingerprint density at radius 1 is 1.17 bits per heavy atom. The lowest BCUT2D eigenvalue weighted by Gasteiger charge is -2.02. The lowest BCUT2D eigenvalue weighted by molar-refractivity contribution is 0.0929. The molecule has 23 heavy (non-hydrogen) atoms. The summed E-state index contributed by atoms with van der Waals surface area (Å²) < 4.78 is 5.98. The van der Waals surface area contributed by atoms with E-state index in [2.05, 4.69) is 10.5 Å². The van der Waals surface area contributed by atoms with Crippen LogP contribution in [0.15, 0.2) is 52.0 Å². The van der Waals surface area contributed by atoms with Gasteiger partial charge in [0, 0.05) is 17.0 Å². The molecule has 0 atom stereocenters. The summed E-state index contributed by atoms with van der Waals surface area (Å²) >= 11 is 1.92. The molecule has 0 saturated carbocycles. The monoisotopic (exact) mass is 422 g/mol. The largest absolute Gasteiger partial charge is 0.507 e. The Hall–Kier alpha value is -2.55. The van der Waals surface area contributed by atoms with Gasteiger partial charge in [0.15, 0.2) is 5.76 Å². The van der Waals surface area contributed by atoms with Gasteiger partial charge in [-0.25, -0.2) is 5.43 Å². The van der Waals surface area contributed by atoms with E-state index in [4.69, 9.17) is 4.42 Å². The number of carbonyl (C=O) groups excluding carboxylic acids is 1. The first kappa shape index (κ1) is 15.3. The smallest absolute Gasteiger partial charge is 0.307 e. The lowest BCUT2D eigenvalue weighted by atomic mass is 10.2. The number of halogens is 1. The molecule has 0 radical (unpaired) electrons. The molecule has 1 heterocycles. The number of rotatable bonds is 3. The molecule has 1 amide bonds. The SMILES string of the molecule is O=C(N/N=C/c1cc(I)c(O)cc1O)c1cc2ccccc2o1. The zero-order valence-corrected chi connectivity index (χ0v) is 13.8. The minimum absolute atomic E-state index is 0.0217. The summed E-state index contributed by atoms with van der Waals surface area (Å²) in [7, 11) is 0. The van der Waals surface area contributed by atoms with Gasteiger partial charge < -0.3 is 14.6 Å². The molecule has 3 rings (SSSR count). The van der Waals surface area contributed by atoms with Crippen LogP contribution >= 0.6 is 22.6 Å². The van der Waals surface area contributed by atoms with Crippen molar-refractivity contribution in [2.45, 2.75) is 0 Å². The highest BCUT2D eigenvalue weighted by molar-refractivity contribution is 14.1. The van der Waals surface area contributed by atoms with Gasteiger partial charge in [-0.05, 0) is 40.8 Å². The molecule has 0 aliphatic carbocycles. The van der Waals surface area contributed by atoms with Gasteiger partial charge in [-0.2, -0.15) is 5.10 Å². The topological polar surface area (TPSA) is 95.1 Å². The van der Waals surface area contributed by atoms with Gasteiger partial charge in [-0.15, -0.1) is 0 Å². The van der Waals surface area contributed by atoms with Crippen LogP contribution in [0.25, 0.3) is 11.0 Å². The van der Waals surface area contributed by atoms with Crippen LogP contribution < -0.4 is 5.43 Å². The number of benzene rings is 2. The van der Waals surface area contributed by atoms with Gasteiger partial charge >= 0.3 is 5.91 Å². The molecule has 0 fully saturated rings. The maximum Gasteiger partial charge on any atom is 0.307 e. The number of hydrazone groups is 1. The molecule has 7 heteroatoms. The summed E-state index contributed by atoms with van der Waals surface area (Å²) in [6.45, 7) is 0. The third-order valence-corrected chi connectivity index (χ3v) is 3.98. The third kappa shape index (κ3) is 3.29. The van der Waals surface area contributed by atoms with E-state index in [1.807, 2.05) is 40.8 Å². The quantitative estimate of drug-likeness (QED) is 0.343. The van der Waals surface area contributed by atoms with Gasteiger partial charge in [0.05, 0.1) is 9.78 Å². The number of aromatic hydroxyl groups is 2. The summed E-state index contributed by atoms with van der Waals surface area (Å²) in [5, 5.41) is 23.8. The van der Waals surface area contributed by atoms with Crippen molar-refractivity contribution < 1.29 is 19.4 Å². The summed E-state index contributed by atoms with van der Waals surface area (Å²) in [6, 6.07) is 11.7. The number of hydrogen-bond acceptors (Lipinski definition) is 5. The zero-order valence-electron chi connectivity index (χ0n) is 11.7. The Morgan fingerprint density at radius 3 is 2.74 bits per heavy atom. The van der Waals surface area contributed by atoms with Crippen LogP contribution in [0.1, 0.15) is 16.1 Å². The number of carbonyl (C=O) groups is 1. The Bertz CT molecular complexity index is 885. The van der Waals surface area contributed by atoms with Crippen LogP contribution in [0.4, 0.5) is 0 Å². The molecule has 0 aliphatic heterocycles. The number of phenolic OH excluding ortho intramolecular Hbond substituents is 2. The van der Waals surface area contributed by atoms with E-state index < -0.39 is 5.91 Å². The molecule has 0 unspecified atom stereocenters. The molecule has 2 aromatic carbocycles. The highest BCUT2D eigenvalue weighted by atomic mass is 127. The number of furan rings is 1. The number of phenols is 2.